The second kappa shape index (κ2) is 5.17. The standard InChI is InChI=1S/C12H19Cl2N3/c1-9-10(11(14)17(2)16-9)7-15-12(8-13)5-3-4-6-12/h15H,3-8H2,1-2H3. The maximum atomic E-state index is 6.22. The summed E-state index contributed by atoms with van der Waals surface area (Å²) in [6.45, 7) is 2.75. The van der Waals surface area contributed by atoms with Crippen LogP contribution in [0.5, 0.6) is 0 Å². The highest BCUT2D eigenvalue weighted by Gasteiger charge is 2.32. The van der Waals surface area contributed by atoms with Crippen LogP contribution in [0.15, 0.2) is 0 Å². The van der Waals surface area contributed by atoms with Gasteiger partial charge in [0.25, 0.3) is 0 Å². The van der Waals surface area contributed by atoms with Gasteiger partial charge in [0.1, 0.15) is 5.15 Å². The van der Waals surface area contributed by atoms with Gasteiger partial charge in [0.15, 0.2) is 0 Å². The van der Waals surface area contributed by atoms with Crippen LogP contribution in [0.4, 0.5) is 0 Å². The first-order valence-corrected chi connectivity index (χ1v) is 6.98. The maximum Gasteiger partial charge on any atom is 0.131 e. The lowest BCUT2D eigenvalue weighted by molar-refractivity contribution is 0.367. The molecule has 17 heavy (non-hydrogen) atoms. The van der Waals surface area contributed by atoms with Crippen molar-refractivity contribution < 1.29 is 0 Å². The smallest absolute Gasteiger partial charge is 0.131 e. The van der Waals surface area contributed by atoms with E-state index in [-0.39, 0.29) is 5.54 Å². The molecule has 0 radical (unpaired) electrons. The Labute approximate surface area is 112 Å². The van der Waals surface area contributed by atoms with E-state index >= 15 is 0 Å². The Hall–Kier alpha value is -0.250. The lowest BCUT2D eigenvalue weighted by atomic mass is 10.00. The molecule has 0 aromatic carbocycles. The van der Waals surface area contributed by atoms with E-state index < -0.39 is 0 Å². The number of halogens is 2. The molecule has 2 rings (SSSR count). The maximum absolute atomic E-state index is 6.22. The molecule has 0 unspecified atom stereocenters. The molecule has 96 valence electrons. The van der Waals surface area contributed by atoms with Gasteiger partial charge in [0, 0.05) is 30.6 Å². The molecular weight excluding hydrogens is 257 g/mol. The molecule has 0 atom stereocenters. The lowest BCUT2D eigenvalue weighted by Crippen LogP contribution is -2.44. The molecule has 0 aliphatic heterocycles. The molecular formula is C12H19Cl2N3. The van der Waals surface area contributed by atoms with Crippen LogP contribution in [0.25, 0.3) is 0 Å². The third kappa shape index (κ3) is 2.61. The van der Waals surface area contributed by atoms with Gasteiger partial charge in [-0.2, -0.15) is 5.10 Å². The molecule has 0 saturated heterocycles. The van der Waals surface area contributed by atoms with Crippen molar-refractivity contribution in [1.82, 2.24) is 15.1 Å². The zero-order valence-corrected chi connectivity index (χ0v) is 11.9. The second-order valence-corrected chi connectivity index (χ2v) is 5.58. The fourth-order valence-electron chi connectivity index (χ4n) is 2.56. The summed E-state index contributed by atoms with van der Waals surface area (Å²) < 4.78 is 1.72. The van der Waals surface area contributed by atoms with Gasteiger partial charge in [-0.1, -0.05) is 24.4 Å². The zero-order valence-electron chi connectivity index (χ0n) is 10.4. The summed E-state index contributed by atoms with van der Waals surface area (Å²) in [4.78, 5) is 0. The summed E-state index contributed by atoms with van der Waals surface area (Å²) in [5, 5.41) is 8.62. The van der Waals surface area contributed by atoms with E-state index in [0.29, 0.717) is 5.88 Å². The Morgan fingerprint density at radius 2 is 2.06 bits per heavy atom. The largest absolute Gasteiger partial charge is 0.306 e. The Balaban J connectivity index is 2.06. The lowest BCUT2D eigenvalue weighted by Gasteiger charge is -2.28. The van der Waals surface area contributed by atoms with Gasteiger partial charge in [-0.3, -0.25) is 4.68 Å². The van der Waals surface area contributed by atoms with Crippen LogP contribution in [0.3, 0.4) is 0 Å². The number of hydrogen-bond donors (Lipinski definition) is 1. The van der Waals surface area contributed by atoms with Crippen LogP contribution in [0, 0.1) is 6.92 Å². The molecule has 1 aliphatic rings. The molecule has 1 N–H and O–H groups in total. The molecule has 1 aliphatic carbocycles. The monoisotopic (exact) mass is 275 g/mol. The van der Waals surface area contributed by atoms with Crippen molar-refractivity contribution in [1.29, 1.82) is 0 Å². The summed E-state index contributed by atoms with van der Waals surface area (Å²) >= 11 is 12.3. The van der Waals surface area contributed by atoms with Crippen molar-refractivity contribution in [2.45, 2.75) is 44.7 Å². The van der Waals surface area contributed by atoms with Crippen molar-refractivity contribution >= 4 is 23.2 Å². The van der Waals surface area contributed by atoms with E-state index in [1.165, 1.54) is 12.8 Å². The molecule has 1 aromatic rings. The number of alkyl halides is 1. The highest BCUT2D eigenvalue weighted by Crippen LogP contribution is 2.31. The predicted molar refractivity (Wildman–Crippen MR) is 71.7 cm³/mol. The molecule has 0 amide bonds. The van der Waals surface area contributed by atoms with Crippen LogP contribution in [0.1, 0.15) is 36.9 Å². The summed E-state index contributed by atoms with van der Waals surface area (Å²) in [5.74, 6) is 0.671. The first-order chi connectivity index (χ1) is 8.08. The SMILES string of the molecule is Cc1nn(C)c(Cl)c1CNC1(CCl)CCCC1. The highest BCUT2D eigenvalue weighted by atomic mass is 35.5. The second-order valence-electron chi connectivity index (χ2n) is 4.95. The minimum Gasteiger partial charge on any atom is -0.306 e. The summed E-state index contributed by atoms with van der Waals surface area (Å²) in [5.41, 5.74) is 2.19. The Kier molecular flexibility index (Phi) is 4.01. The van der Waals surface area contributed by atoms with E-state index in [0.717, 1.165) is 35.8 Å². The number of nitrogens with one attached hydrogen (secondary N) is 1. The summed E-state index contributed by atoms with van der Waals surface area (Å²) in [6, 6.07) is 0. The molecule has 0 spiro atoms. The topological polar surface area (TPSA) is 29.9 Å². The highest BCUT2D eigenvalue weighted by molar-refractivity contribution is 6.30. The van der Waals surface area contributed by atoms with Crippen LogP contribution in [0.2, 0.25) is 5.15 Å². The van der Waals surface area contributed by atoms with Crippen LogP contribution >= 0.6 is 23.2 Å². The van der Waals surface area contributed by atoms with E-state index in [9.17, 15) is 0 Å². The van der Waals surface area contributed by atoms with E-state index in [1.807, 2.05) is 14.0 Å². The average molecular weight is 276 g/mol. The zero-order chi connectivity index (χ0) is 12.5. The fourth-order valence-corrected chi connectivity index (χ4v) is 3.16. The number of nitrogens with zero attached hydrogens (tertiary/aromatic N) is 2. The van der Waals surface area contributed by atoms with Gasteiger partial charge in [-0.05, 0) is 19.8 Å². The minimum atomic E-state index is 0.104. The van der Waals surface area contributed by atoms with E-state index in [1.54, 1.807) is 4.68 Å². The number of hydrogen-bond acceptors (Lipinski definition) is 2. The first kappa shape index (κ1) is 13.2. The third-order valence-electron chi connectivity index (χ3n) is 3.73. The van der Waals surface area contributed by atoms with Gasteiger partial charge in [-0.25, -0.2) is 0 Å². The average Bonchev–Trinajstić information content (AvgIpc) is 2.86. The van der Waals surface area contributed by atoms with E-state index in [4.69, 9.17) is 23.2 Å². The molecule has 3 nitrogen and oxygen atoms in total. The van der Waals surface area contributed by atoms with Gasteiger partial charge < -0.3 is 5.32 Å². The van der Waals surface area contributed by atoms with Crippen molar-refractivity contribution in [2.24, 2.45) is 7.05 Å². The molecule has 1 saturated carbocycles. The Bertz CT molecular complexity index is 395. The van der Waals surface area contributed by atoms with Crippen LogP contribution in [-0.4, -0.2) is 21.2 Å². The number of aryl methyl sites for hydroxylation is 2. The van der Waals surface area contributed by atoms with Gasteiger partial charge in [-0.15, -0.1) is 11.6 Å². The van der Waals surface area contributed by atoms with Gasteiger partial charge in [0.2, 0.25) is 0 Å². The number of aromatic nitrogens is 2. The first-order valence-electron chi connectivity index (χ1n) is 6.07. The quantitative estimate of drug-likeness (QED) is 0.857. The van der Waals surface area contributed by atoms with Crippen molar-refractivity contribution in [2.75, 3.05) is 5.88 Å². The fraction of sp³-hybridized carbons (Fsp3) is 0.750. The van der Waals surface area contributed by atoms with Crippen molar-refractivity contribution in [3.05, 3.63) is 16.4 Å². The van der Waals surface area contributed by atoms with E-state index in [2.05, 4.69) is 10.4 Å². The molecule has 0 bridgehead atoms. The summed E-state index contributed by atoms with van der Waals surface area (Å²) in [7, 11) is 1.87. The Morgan fingerprint density at radius 3 is 2.53 bits per heavy atom. The normalized spacial score (nSPS) is 18.8. The van der Waals surface area contributed by atoms with Crippen LogP contribution < -0.4 is 5.32 Å². The van der Waals surface area contributed by atoms with Gasteiger partial charge in [0.05, 0.1) is 5.69 Å². The van der Waals surface area contributed by atoms with Crippen molar-refractivity contribution in [3.8, 4) is 0 Å². The minimum absolute atomic E-state index is 0.104. The summed E-state index contributed by atoms with van der Waals surface area (Å²) in [6.07, 6.45) is 4.85. The Morgan fingerprint density at radius 1 is 1.41 bits per heavy atom. The van der Waals surface area contributed by atoms with Crippen molar-refractivity contribution in [3.63, 3.8) is 0 Å². The van der Waals surface area contributed by atoms with Crippen LogP contribution in [-0.2, 0) is 13.6 Å². The third-order valence-corrected chi connectivity index (χ3v) is 4.71. The molecule has 1 heterocycles. The van der Waals surface area contributed by atoms with Gasteiger partial charge >= 0.3 is 0 Å². The molecule has 5 heteroatoms. The molecule has 1 aromatic heterocycles. The number of rotatable bonds is 4. The predicted octanol–water partition coefficient (Wildman–Crippen LogP) is 3.02. The molecule has 1 fully saturated rings.